The molecule has 94 valence electrons. The molecular formula is C11H9Br2N3O2. The van der Waals surface area contributed by atoms with Crippen LogP contribution in [0.1, 0.15) is 5.56 Å². The average Bonchev–Trinajstić information content (AvgIpc) is 2.52. The molecule has 1 aromatic carbocycles. The molecule has 5 nitrogen and oxygen atoms in total. The highest BCUT2D eigenvalue weighted by atomic mass is 79.9. The predicted molar refractivity (Wildman–Crippen MR) is 75.1 cm³/mol. The van der Waals surface area contributed by atoms with Gasteiger partial charge in [0.25, 0.3) is 5.91 Å². The van der Waals surface area contributed by atoms with Gasteiger partial charge in [0, 0.05) is 17.1 Å². The molecule has 0 aromatic heterocycles. The minimum absolute atomic E-state index is 0.0137. The molecule has 0 unspecified atom stereocenters. The number of likely N-dealkylation sites (N-methyl/N-ethyl adjacent to an activating group) is 1. The number of nitrogens with zero attached hydrogens (tertiary/aromatic N) is 1. The van der Waals surface area contributed by atoms with Crippen LogP contribution in [0.25, 0.3) is 6.08 Å². The highest BCUT2D eigenvalue weighted by Gasteiger charge is 2.27. The normalized spacial score (nSPS) is 17.5. The molecule has 7 heteroatoms. The highest BCUT2D eigenvalue weighted by molar-refractivity contribution is 9.11. The number of nitrogens with one attached hydrogen (secondary N) is 2. The van der Waals surface area contributed by atoms with Crippen LogP contribution >= 0.6 is 31.9 Å². The first-order chi connectivity index (χ1) is 8.40. The van der Waals surface area contributed by atoms with Crippen molar-refractivity contribution in [2.75, 3.05) is 7.05 Å². The number of phenolic OH excluding ortho intramolecular Hbond substituents is 1. The Hall–Kier alpha value is -1.34. The lowest BCUT2D eigenvalue weighted by Gasteiger charge is -2.10. The van der Waals surface area contributed by atoms with Gasteiger partial charge < -0.3 is 10.0 Å². The number of carbonyl (C=O) groups excluding carboxylic acids is 1. The van der Waals surface area contributed by atoms with E-state index >= 15 is 0 Å². The van der Waals surface area contributed by atoms with Gasteiger partial charge in [-0.25, -0.2) is 0 Å². The fourth-order valence-corrected chi connectivity index (χ4v) is 2.79. The van der Waals surface area contributed by atoms with Gasteiger partial charge in [0.05, 0.1) is 4.47 Å². The number of amides is 1. The lowest BCUT2D eigenvalue weighted by atomic mass is 10.1. The SMILES string of the molecule is CN1C(=N)NC(=O)C1=Cc1cc(Br)cc(Br)c1O. The summed E-state index contributed by atoms with van der Waals surface area (Å²) in [5.41, 5.74) is 0.795. The van der Waals surface area contributed by atoms with Gasteiger partial charge in [-0.15, -0.1) is 0 Å². The van der Waals surface area contributed by atoms with Crippen LogP contribution < -0.4 is 5.32 Å². The number of aromatic hydroxyl groups is 1. The first-order valence-corrected chi connectivity index (χ1v) is 6.52. The monoisotopic (exact) mass is 373 g/mol. The molecule has 0 saturated carbocycles. The molecule has 0 atom stereocenters. The smallest absolute Gasteiger partial charge is 0.274 e. The largest absolute Gasteiger partial charge is 0.506 e. The Labute approximate surface area is 120 Å². The molecule has 2 rings (SSSR count). The zero-order valence-electron chi connectivity index (χ0n) is 9.29. The molecule has 0 spiro atoms. The Balaban J connectivity index is 2.51. The van der Waals surface area contributed by atoms with Gasteiger partial charge in [0.15, 0.2) is 0 Å². The second kappa shape index (κ2) is 4.74. The minimum atomic E-state index is -0.363. The molecule has 1 fully saturated rings. The topological polar surface area (TPSA) is 76.4 Å². The second-order valence-corrected chi connectivity index (χ2v) is 5.49. The van der Waals surface area contributed by atoms with Gasteiger partial charge in [-0.05, 0) is 34.1 Å². The van der Waals surface area contributed by atoms with Crippen LogP contribution in [0.15, 0.2) is 26.8 Å². The predicted octanol–water partition coefficient (Wildman–Crippen LogP) is 2.25. The van der Waals surface area contributed by atoms with Crippen LogP contribution in [-0.4, -0.2) is 28.9 Å². The molecular weight excluding hydrogens is 366 g/mol. The van der Waals surface area contributed by atoms with Crippen molar-refractivity contribution >= 4 is 49.8 Å². The number of carbonyl (C=O) groups is 1. The Morgan fingerprint density at radius 2 is 2.11 bits per heavy atom. The van der Waals surface area contributed by atoms with E-state index in [4.69, 9.17) is 5.41 Å². The molecule has 0 aliphatic carbocycles. The second-order valence-electron chi connectivity index (χ2n) is 3.72. The summed E-state index contributed by atoms with van der Waals surface area (Å²) in [5, 5.41) is 19.8. The van der Waals surface area contributed by atoms with E-state index in [1.807, 2.05) is 0 Å². The number of halogens is 2. The Morgan fingerprint density at radius 3 is 2.67 bits per heavy atom. The summed E-state index contributed by atoms with van der Waals surface area (Å²) in [6, 6.07) is 3.40. The van der Waals surface area contributed by atoms with Crippen molar-refractivity contribution in [3.8, 4) is 5.75 Å². The fourth-order valence-electron chi connectivity index (χ4n) is 1.53. The molecule has 3 N–H and O–H groups in total. The first-order valence-electron chi connectivity index (χ1n) is 4.93. The molecule has 18 heavy (non-hydrogen) atoms. The minimum Gasteiger partial charge on any atom is -0.506 e. The molecule has 1 saturated heterocycles. The van der Waals surface area contributed by atoms with E-state index in [-0.39, 0.29) is 17.6 Å². The summed E-state index contributed by atoms with van der Waals surface area (Å²) >= 11 is 6.53. The molecule has 1 heterocycles. The molecule has 1 aliphatic rings. The number of rotatable bonds is 1. The van der Waals surface area contributed by atoms with Crippen molar-refractivity contribution in [2.45, 2.75) is 0 Å². The third kappa shape index (κ3) is 2.28. The Kier molecular flexibility index (Phi) is 3.45. The zero-order chi connectivity index (χ0) is 13.4. The van der Waals surface area contributed by atoms with Crippen LogP contribution in [0.3, 0.4) is 0 Å². The number of hydrogen-bond donors (Lipinski definition) is 3. The van der Waals surface area contributed by atoms with Gasteiger partial charge in [-0.1, -0.05) is 15.9 Å². The van der Waals surface area contributed by atoms with Crippen LogP contribution in [0.4, 0.5) is 0 Å². The molecule has 1 aromatic rings. The summed E-state index contributed by atoms with van der Waals surface area (Å²) in [6.07, 6.45) is 1.53. The number of guanidine groups is 1. The van der Waals surface area contributed by atoms with Crippen molar-refractivity contribution < 1.29 is 9.90 Å². The number of phenols is 1. The van der Waals surface area contributed by atoms with E-state index in [0.717, 1.165) is 4.47 Å². The van der Waals surface area contributed by atoms with Crippen molar-refractivity contribution in [2.24, 2.45) is 0 Å². The lowest BCUT2D eigenvalue weighted by molar-refractivity contribution is -0.115. The van der Waals surface area contributed by atoms with Gasteiger partial charge in [-0.2, -0.15) is 0 Å². The molecule has 1 amide bonds. The Morgan fingerprint density at radius 1 is 1.44 bits per heavy atom. The maximum absolute atomic E-state index is 11.6. The summed E-state index contributed by atoms with van der Waals surface area (Å²) in [7, 11) is 1.61. The maximum atomic E-state index is 11.6. The van der Waals surface area contributed by atoms with Gasteiger partial charge >= 0.3 is 0 Å². The van der Waals surface area contributed by atoms with Crippen molar-refractivity contribution in [3.05, 3.63) is 32.3 Å². The highest BCUT2D eigenvalue weighted by Crippen LogP contribution is 2.33. The molecule has 0 bridgehead atoms. The summed E-state index contributed by atoms with van der Waals surface area (Å²) in [4.78, 5) is 13.0. The van der Waals surface area contributed by atoms with Gasteiger partial charge in [-0.3, -0.25) is 15.5 Å². The third-order valence-corrected chi connectivity index (χ3v) is 3.57. The van der Waals surface area contributed by atoms with Crippen molar-refractivity contribution in [3.63, 3.8) is 0 Å². The molecule has 0 radical (unpaired) electrons. The average molecular weight is 375 g/mol. The Bertz CT molecular complexity index is 584. The van der Waals surface area contributed by atoms with E-state index in [9.17, 15) is 9.90 Å². The summed E-state index contributed by atoms with van der Waals surface area (Å²) in [5.74, 6) is -0.303. The lowest BCUT2D eigenvalue weighted by Crippen LogP contribution is -2.25. The van der Waals surface area contributed by atoms with E-state index in [1.165, 1.54) is 11.0 Å². The van der Waals surface area contributed by atoms with Crippen molar-refractivity contribution in [1.82, 2.24) is 10.2 Å². The fraction of sp³-hybridized carbons (Fsp3) is 0.0909. The van der Waals surface area contributed by atoms with E-state index in [1.54, 1.807) is 19.2 Å². The first kappa shape index (κ1) is 13.1. The van der Waals surface area contributed by atoms with E-state index < -0.39 is 0 Å². The van der Waals surface area contributed by atoms with Crippen LogP contribution in [0.2, 0.25) is 0 Å². The van der Waals surface area contributed by atoms with Gasteiger partial charge in [0.1, 0.15) is 11.4 Å². The van der Waals surface area contributed by atoms with Crippen LogP contribution in [-0.2, 0) is 4.79 Å². The molecule has 1 aliphatic heterocycles. The van der Waals surface area contributed by atoms with Gasteiger partial charge in [0.2, 0.25) is 5.96 Å². The summed E-state index contributed by atoms with van der Waals surface area (Å²) in [6.45, 7) is 0. The van der Waals surface area contributed by atoms with E-state index in [0.29, 0.717) is 15.7 Å². The quantitative estimate of drug-likeness (QED) is 0.660. The van der Waals surface area contributed by atoms with Crippen LogP contribution in [0.5, 0.6) is 5.75 Å². The zero-order valence-corrected chi connectivity index (χ0v) is 12.5. The van der Waals surface area contributed by atoms with Crippen molar-refractivity contribution in [1.29, 1.82) is 5.41 Å². The number of benzene rings is 1. The third-order valence-electron chi connectivity index (χ3n) is 2.51. The number of hydrogen-bond acceptors (Lipinski definition) is 3. The maximum Gasteiger partial charge on any atom is 0.274 e. The van der Waals surface area contributed by atoms with E-state index in [2.05, 4.69) is 37.2 Å². The van der Waals surface area contributed by atoms with Crippen LogP contribution in [0, 0.1) is 5.41 Å². The standard InChI is InChI=1S/C11H9Br2N3O2/c1-16-8(10(18)15-11(16)14)3-5-2-6(12)4-7(13)9(5)17/h2-4,17H,1H3,(H2,14,15,18). The summed E-state index contributed by atoms with van der Waals surface area (Å²) < 4.78 is 1.30.